The SMILES string of the molecule is CCCCN1CCC(n2nc(-c3cc(Cl)c(N)c4c3OCCO4)oc2=O)CC1.Cl. The average Bonchev–Trinajstić information content (AvgIpc) is 3.11. The number of nitrogens with zero attached hydrogens (tertiary/aromatic N) is 3. The van der Waals surface area contributed by atoms with Crippen molar-refractivity contribution in [3.8, 4) is 23.0 Å². The minimum atomic E-state index is -0.472. The van der Waals surface area contributed by atoms with E-state index in [-0.39, 0.29) is 24.3 Å². The van der Waals surface area contributed by atoms with Crippen molar-refractivity contribution >= 4 is 29.7 Å². The molecule has 1 aromatic carbocycles. The second-order valence-electron chi connectivity index (χ2n) is 7.22. The van der Waals surface area contributed by atoms with Gasteiger partial charge in [0.15, 0.2) is 11.5 Å². The molecule has 1 fully saturated rings. The van der Waals surface area contributed by atoms with E-state index in [0.29, 0.717) is 41.0 Å². The summed E-state index contributed by atoms with van der Waals surface area (Å²) in [5.74, 6) is 0.480. The number of nitrogens with two attached hydrogens (primary N) is 1. The number of anilines is 1. The van der Waals surface area contributed by atoms with Crippen LogP contribution < -0.4 is 21.0 Å². The molecule has 0 spiro atoms. The lowest BCUT2D eigenvalue weighted by molar-refractivity contribution is 0.173. The summed E-state index contributed by atoms with van der Waals surface area (Å²) in [7, 11) is 0. The molecule has 0 unspecified atom stereocenters. The third-order valence-corrected chi connectivity index (χ3v) is 5.64. The Balaban J connectivity index is 0.00000240. The molecule has 0 radical (unpaired) electrons. The summed E-state index contributed by atoms with van der Waals surface area (Å²) in [6.07, 6.45) is 4.13. The normalized spacial score (nSPS) is 17.2. The number of aromatic nitrogens is 2. The molecule has 0 aliphatic carbocycles. The van der Waals surface area contributed by atoms with Crippen molar-refractivity contribution in [2.75, 3.05) is 38.6 Å². The first-order valence-corrected chi connectivity index (χ1v) is 10.2. The molecule has 1 saturated heterocycles. The maximum absolute atomic E-state index is 12.5. The Morgan fingerprint density at radius 1 is 1.24 bits per heavy atom. The van der Waals surface area contributed by atoms with Crippen LogP contribution >= 0.6 is 24.0 Å². The van der Waals surface area contributed by atoms with Gasteiger partial charge in [-0.05, 0) is 31.9 Å². The number of rotatable bonds is 5. The van der Waals surface area contributed by atoms with E-state index < -0.39 is 5.76 Å². The molecule has 29 heavy (non-hydrogen) atoms. The summed E-state index contributed by atoms with van der Waals surface area (Å²) in [5.41, 5.74) is 6.77. The van der Waals surface area contributed by atoms with Crippen LogP contribution in [0.2, 0.25) is 5.02 Å². The fourth-order valence-electron chi connectivity index (χ4n) is 3.75. The van der Waals surface area contributed by atoms with Crippen molar-refractivity contribution in [1.82, 2.24) is 14.7 Å². The predicted octanol–water partition coefficient (Wildman–Crippen LogP) is 3.37. The Morgan fingerprint density at radius 2 is 1.93 bits per heavy atom. The van der Waals surface area contributed by atoms with E-state index in [4.69, 9.17) is 31.2 Å². The molecule has 160 valence electrons. The molecular formula is C19H26Cl2N4O4. The molecule has 10 heteroatoms. The zero-order chi connectivity index (χ0) is 19.7. The standard InChI is InChI=1S/C19H25ClN4O4.ClH/c1-2-3-6-23-7-4-12(5-8-23)24-19(25)28-18(22-24)13-11-14(20)15(21)17-16(13)26-9-10-27-17;/h11-12H,2-10,21H2,1H3;1H. The van der Waals surface area contributed by atoms with Crippen molar-refractivity contribution in [1.29, 1.82) is 0 Å². The summed E-state index contributed by atoms with van der Waals surface area (Å²) in [6, 6.07) is 1.63. The fraction of sp³-hybridized carbons (Fsp3) is 0.579. The number of benzene rings is 1. The van der Waals surface area contributed by atoms with Gasteiger partial charge in [-0.3, -0.25) is 0 Å². The van der Waals surface area contributed by atoms with Crippen molar-refractivity contribution in [3.05, 3.63) is 21.6 Å². The Morgan fingerprint density at radius 3 is 2.62 bits per heavy atom. The number of nitrogen functional groups attached to an aromatic ring is 1. The minimum absolute atomic E-state index is 0. The summed E-state index contributed by atoms with van der Waals surface area (Å²) >= 11 is 6.23. The van der Waals surface area contributed by atoms with E-state index in [1.165, 1.54) is 17.5 Å². The van der Waals surface area contributed by atoms with E-state index in [1.54, 1.807) is 6.07 Å². The van der Waals surface area contributed by atoms with Crippen LogP contribution in [0.1, 0.15) is 38.6 Å². The number of ether oxygens (including phenoxy) is 2. The van der Waals surface area contributed by atoms with Crippen molar-refractivity contribution in [2.24, 2.45) is 0 Å². The van der Waals surface area contributed by atoms with E-state index in [0.717, 1.165) is 32.5 Å². The molecule has 4 rings (SSSR count). The molecule has 2 N–H and O–H groups in total. The van der Waals surface area contributed by atoms with Gasteiger partial charge in [-0.25, -0.2) is 4.79 Å². The Hall–Kier alpha value is -1.90. The van der Waals surface area contributed by atoms with Crippen LogP contribution in [0.25, 0.3) is 11.5 Å². The zero-order valence-electron chi connectivity index (χ0n) is 16.4. The number of hydrogen-bond acceptors (Lipinski definition) is 7. The highest BCUT2D eigenvalue weighted by Gasteiger charge is 2.28. The molecule has 2 aromatic rings. The Kier molecular flexibility index (Phi) is 6.97. The van der Waals surface area contributed by atoms with Gasteiger partial charge in [0, 0.05) is 13.1 Å². The number of hydrogen-bond donors (Lipinski definition) is 1. The van der Waals surface area contributed by atoms with Crippen molar-refractivity contribution in [2.45, 2.75) is 38.6 Å². The minimum Gasteiger partial charge on any atom is -0.485 e. The molecule has 0 saturated carbocycles. The smallest absolute Gasteiger partial charge is 0.437 e. The van der Waals surface area contributed by atoms with Gasteiger partial charge in [0.25, 0.3) is 5.89 Å². The van der Waals surface area contributed by atoms with Crippen molar-refractivity contribution in [3.63, 3.8) is 0 Å². The lowest BCUT2D eigenvalue weighted by atomic mass is 10.1. The summed E-state index contributed by atoms with van der Waals surface area (Å²) in [6.45, 7) is 5.97. The highest BCUT2D eigenvalue weighted by Crippen LogP contribution is 2.46. The van der Waals surface area contributed by atoms with E-state index >= 15 is 0 Å². The van der Waals surface area contributed by atoms with Gasteiger partial charge in [-0.1, -0.05) is 24.9 Å². The monoisotopic (exact) mass is 444 g/mol. The quantitative estimate of drug-likeness (QED) is 0.705. The first-order chi connectivity index (χ1) is 13.6. The van der Waals surface area contributed by atoms with Crippen LogP contribution in [0.3, 0.4) is 0 Å². The summed E-state index contributed by atoms with van der Waals surface area (Å²) < 4.78 is 18.2. The van der Waals surface area contributed by atoms with E-state index in [9.17, 15) is 4.79 Å². The summed E-state index contributed by atoms with van der Waals surface area (Å²) in [4.78, 5) is 14.9. The number of halogens is 2. The van der Waals surface area contributed by atoms with E-state index in [1.807, 2.05) is 0 Å². The van der Waals surface area contributed by atoms with Gasteiger partial charge in [0.05, 0.1) is 22.3 Å². The highest BCUT2D eigenvalue weighted by atomic mass is 35.5. The molecule has 2 aliphatic rings. The van der Waals surface area contributed by atoms with Gasteiger partial charge < -0.3 is 24.5 Å². The molecule has 1 aromatic heterocycles. The first-order valence-electron chi connectivity index (χ1n) is 9.78. The number of fused-ring (bicyclic) bond motifs is 1. The second-order valence-corrected chi connectivity index (χ2v) is 7.63. The predicted molar refractivity (Wildman–Crippen MR) is 113 cm³/mol. The van der Waals surface area contributed by atoms with Crippen molar-refractivity contribution < 1.29 is 13.9 Å². The Bertz CT molecular complexity index is 906. The van der Waals surface area contributed by atoms with Gasteiger partial charge in [-0.2, -0.15) is 4.68 Å². The van der Waals surface area contributed by atoms with Gasteiger partial charge in [0.2, 0.25) is 0 Å². The largest absolute Gasteiger partial charge is 0.485 e. The summed E-state index contributed by atoms with van der Waals surface area (Å²) in [5, 5.41) is 4.76. The average molecular weight is 445 g/mol. The van der Waals surface area contributed by atoms with Crippen LogP contribution in [-0.4, -0.2) is 47.5 Å². The second kappa shape index (κ2) is 9.28. The maximum Gasteiger partial charge on any atom is 0.437 e. The molecule has 0 atom stereocenters. The lowest BCUT2D eigenvalue weighted by Gasteiger charge is -2.31. The fourth-order valence-corrected chi connectivity index (χ4v) is 3.95. The van der Waals surface area contributed by atoms with Crippen LogP contribution in [0.5, 0.6) is 11.5 Å². The van der Waals surface area contributed by atoms with Gasteiger partial charge in [0.1, 0.15) is 13.2 Å². The molecular weight excluding hydrogens is 419 g/mol. The van der Waals surface area contributed by atoms with Gasteiger partial charge in [-0.15, -0.1) is 17.5 Å². The zero-order valence-corrected chi connectivity index (χ0v) is 17.9. The molecule has 0 amide bonds. The van der Waals surface area contributed by atoms with E-state index in [2.05, 4.69) is 16.9 Å². The van der Waals surface area contributed by atoms with Gasteiger partial charge >= 0.3 is 5.76 Å². The number of piperidine rings is 1. The topological polar surface area (TPSA) is 95.8 Å². The lowest BCUT2D eigenvalue weighted by Crippen LogP contribution is -2.37. The molecule has 0 bridgehead atoms. The maximum atomic E-state index is 12.5. The first kappa shape index (κ1) is 21.8. The van der Waals surface area contributed by atoms with Crippen LogP contribution in [0.15, 0.2) is 15.3 Å². The van der Waals surface area contributed by atoms with Crippen LogP contribution in [-0.2, 0) is 0 Å². The molecule has 2 aliphatic heterocycles. The Labute approximate surface area is 180 Å². The molecule has 3 heterocycles. The van der Waals surface area contributed by atoms with Crippen LogP contribution in [0.4, 0.5) is 5.69 Å². The highest BCUT2D eigenvalue weighted by molar-refractivity contribution is 6.34. The third-order valence-electron chi connectivity index (χ3n) is 5.33. The third kappa shape index (κ3) is 4.34. The molecule has 8 nitrogen and oxygen atoms in total. The number of unbranched alkanes of at least 4 members (excludes halogenated alkanes) is 1. The number of likely N-dealkylation sites (tertiary alicyclic amines) is 1. The van der Waals surface area contributed by atoms with Crippen LogP contribution in [0, 0.1) is 0 Å².